The van der Waals surface area contributed by atoms with Gasteiger partial charge in [0.2, 0.25) is 0 Å². The van der Waals surface area contributed by atoms with E-state index < -0.39 is 0 Å². The highest BCUT2D eigenvalue weighted by Crippen LogP contribution is 2.44. The molecule has 42 heavy (non-hydrogen) atoms. The molecule has 8 rings (SSSR count). The van der Waals surface area contributed by atoms with Crippen molar-refractivity contribution in [3.63, 3.8) is 0 Å². The van der Waals surface area contributed by atoms with Crippen LogP contribution in [0.4, 0.5) is 0 Å². The van der Waals surface area contributed by atoms with Gasteiger partial charge in [-0.3, -0.25) is 0 Å². The molecule has 8 aromatic rings. The Kier molecular flexibility index (Phi) is 5.90. The molecule has 0 amide bonds. The predicted molar refractivity (Wildman–Crippen MR) is 181 cm³/mol. The van der Waals surface area contributed by atoms with Gasteiger partial charge in [-0.1, -0.05) is 158 Å². The summed E-state index contributed by atoms with van der Waals surface area (Å²) in [4.78, 5) is 0. The van der Waals surface area contributed by atoms with Crippen LogP contribution >= 0.6 is 0 Å². The van der Waals surface area contributed by atoms with Crippen LogP contribution in [-0.4, -0.2) is 0 Å². The summed E-state index contributed by atoms with van der Waals surface area (Å²) in [5.74, 6) is 0. The average Bonchev–Trinajstić information content (AvgIpc) is 3.07. The Morgan fingerprint density at radius 1 is 0.214 bits per heavy atom. The van der Waals surface area contributed by atoms with E-state index in [1.54, 1.807) is 0 Å². The Balaban J connectivity index is 1.26. The Bertz CT molecular complexity index is 2160. The lowest BCUT2D eigenvalue weighted by atomic mass is 9.85. The van der Waals surface area contributed by atoms with Crippen LogP contribution in [0.25, 0.3) is 76.8 Å². The van der Waals surface area contributed by atoms with E-state index in [0.717, 1.165) is 0 Å². The second-order valence-corrected chi connectivity index (χ2v) is 10.9. The van der Waals surface area contributed by atoms with E-state index in [9.17, 15) is 0 Å². The molecule has 0 spiro atoms. The van der Waals surface area contributed by atoms with Crippen molar-refractivity contribution in [3.8, 4) is 44.5 Å². The van der Waals surface area contributed by atoms with Crippen LogP contribution in [0.1, 0.15) is 0 Å². The van der Waals surface area contributed by atoms with Crippen LogP contribution in [0.3, 0.4) is 0 Å². The van der Waals surface area contributed by atoms with E-state index in [2.05, 4.69) is 170 Å². The minimum Gasteiger partial charge on any atom is -0.0622 e. The standard InChI is InChI=1S/C42H28/c1-2-12-32(13-3-1)41-37-17-6-8-19-39(37)42(40-20-9-7-18-38(40)41)36-16-10-15-34(28-36)30-21-23-31(24-22-30)35-26-25-29-11-4-5-14-33(29)27-35/h1-28H. The second kappa shape index (κ2) is 10.2. The fourth-order valence-electron chi connectivity index (χ4n) is 6.43. The highest BCUT2D eigenvalue weighted by Gasteiger charge is 2.16. The molecule has 0 aliphatic heterocycles. The molecular weight excluding hydrogens is 504 g/mol. The van der Waals surface area contributed by atoms with Gasteiger partial charge >= 0.3 is 0 Å². The Hall–Kier alpha value is -5.46. The van der Waals surface area contributed by atoms with E-state index >= 15 is 0 Å². The topological polar surface area (TPSA) is 0 Å². The SMILES string of the molecule is c1ccc(-c2c3ccccc3c(-c3cccc(-c4ccc(-c5ccc6ccccc6c5)cc4)c3)c3ccccc23)cc1. The van der Waals surface area contributed by atoms with Crippen molar-refractivity contribution in [1.29, 1.82) is 0 Å². The van der Waals surface area contributed by atoms with Gasteiger partial charge in [0.25, 0.3) is 0 Å². The lowest BCUT2D eigenvalue weighted by molar-refractivity contribution is 1.59. The van der Waals surface area contributed by atoms with E-state index in [1.165, 1.54) is 76.8 Å². The van der Waals surface area contributed by atoms with Crippen LogP contribution < -0.4 is 0 Å². The molecule has 0 aliphatic carbocycles. The Morgan fingerprint density at radius 3 is 1.26 bits per heavy atom. The first-order valence-corrected chi connectivity index (χ1v) is 14.5. The van der Waals surface area contributed by atoms with Crippen molar-refractivity contribution in [2.75, 3.05) is 0 Å². The van der Waals surface area contributed by atoms with Crippen molar-refractivity contribution >= 4 is 32.3 Å². The summed E-state index contributed by atoms with van der Waals surface area (Å²) in [6.07, 6.45) is 0. The molecule has 0 aliphatic rings. The summed E-state index contributed by atoms with van der Waals surface area (Å²) < 4.78 is 0. The fourth-order valence-corrected chi connectivity index (χ4v) is 6.43. The number of benzene rings is 8. The van der Waals surface area contributed by atoms with E-state index in [0.29, 0.717) is 0 Å². The Morgan fingerprint density at radius 2 is 0.643 bits per heavy atom. The first-order chi connectivity index (χ1) is 20.8. The van der Waals surface area contributed by atoms with Crippen LogP contribution in [0.15, 0.2) is 170 Å². The molecular formula is C42H28. The van der Waals surface area contributed by atoms with Crippen molar-refractivity contribution in [2.45, 2.75) is 0 Å². The zero-order chi connectivity index (χ0) is 27.9. The fraction of sp³-hybridized carbons (Fsp3) is 0. The third-order valence-corrected chi connectivity index (χ3v) is 8.45. The summed E-state index contributed by atoms with van der Waals surface area (Å²) >= 11 is 0. The number of rotatable bonds is 4. The highest BCUT2D eigenvalue weighted by atomic mass is 14.2. The quantitative estimate of drug-likeness (QED) is 0.198. The molecule has 0 saturated carbocycles. The van der Waals surface area contributed by atoms with Gasteiger partial charge in [-0.05, 0) is 89.0 Å². The molecule has 0 unspecified atom stereocenters. The number of fused-ring (bicyclic) bond motifs is 3. The summed E-state index contributed by atoms with van der Waals surface area (Å²) in [6, 6.07) is 61.7. The summed E-state index contributed by atoms with van der Waals surface area (Å²) in [6.45, 7) is 0. The molecule has 0 atom stereocenters. The molecule has 0 aromatic heterocycles. The largest absolute Gasteiger partial charge is 0.0622 e. The third-order valence-electron chi connectivity index (χ3n) is 8.45. The van der Waals surface area contributed by atoms with Gasteiger partial charge < -0.3 is 0 Å². The van der Waals surface area contributed by atoms with Crippen molar-refractivity contribution < 1.29 is 0 Å². The first kappa shape index (κ1) is 24.3. The van der Waals surface area contributed by atoms with Gasteiger partial charge in [-0.2, -0.15) is 0 Å². The minimum atomic E-state index is 1.22. The molecule has 0 radical (unpaired) electrons. The van der Waals surface area contributed by atoms with Crippen molar-refractivity contribution in [1.82, 2.24) is 0 Å². The monoisotopic (exact) mass is 532 g/mol. The molecule has 0 N–H and O–H groups in total. The van der Waals surface area contributed by atoms with Crippen molar-refractivity contribution in [3.05, 3.63) is 170 Å². The second-order valence-electron chi connectivity index (χ2n) is 10.9. The molecule has 0 nitrogen and oxygen atoms in total. The predicted octanol–water partition coefficient (Wildman–Crippen LogP) is 11.8. The highest BCUT2D eigenvalue weighted by molar-refractivity contribution is 6.21. The maximum absolute atomic E-state index is 2.35. The maximum Gasteiger partial charge on any atom is -0.00262 e. The minimum absolute atomic E-state index is 1.22. The molecule has 0 heteroatoms. The van der Waals surface area contributed by atoms with Gasteiger partial charge in [0, 0.05) is 0 Å². The van der Waals surface area contributed by atoms with Gasteiger partial charge in [-0.15, -0.1) is 0 Å². The maximum atomic E-state index is 2.35. The molecule has 0 fully saturated rings. The lowest BCUT2D eigenvalue weighted by Crippen LogP contribution is -1.91. The third kappa shape index (κ3) is 4.17. The summed E-state index contributed by atoms with van der Waals surface area (Å²) in [7, 11) is 0. The van der Waals surface area contributed by atoms with Gasteiger partial charge in [0.05, 0.1) is 0 Å². The number of hydrogen-bond donors (Lipinski definition) is 0. The lowest BCUT2D eigenvalue weighted by Gasteiger charge is -2.18. The average molecular weight is 533 g/mol. The van der Waals surface area contributed by atoms with Gasteiger partial charge in [-0.25, -0.2) is 0 Å². The van der Waals surface area contributed by atoms with E-state index in [4.69, 9.17) is 0 Å². The van der Waals surface area contributed by atoms with Crippen LogP contribution in [0.2, 0.25) is 0 Å². The molecule has 0 saturated heterocycles. The summed E-state index contributed by atoms with van der Waals surface area (Å²) in [5, 5.41) is 7.65. The number of hydrogen-bond acceptors (Lipinski definition) is 0. The van der Waals surface area contributed by atoms with Gasteiger partial charge in [0.1, 0.15) is 0 Å². The zero-order valence-corrected chi connectivity index (χ0v) is 23.2. The van der Waals surface area contributed by atoms with E-state index in [-0.39, 0.29) is 0 Å². The summed E-state index contributed by atoms with van der Waals surface area (Å²) in [5.41, 5.74) is 9.98. The molecule has 8 aromatic carbocycles. The molecule has 196 valence electrons. The van der Waals surface area contributed by atoms with Crippen molar-refractivity contribution in [2.24, 2.45) is 0 Å². The smallest absolute Gasteiger partial charge is 0.00262 e. The van der Waals surface area contributed by atoms with Crippen LogP contribution in [0.5, 0.6) is 0 Å². The van der Waals surface area contributed by atoms with Crippen LogP contribution in [-0.2, 0) is 0 Å². The van der Waals surface area contributed by atoms with Crippen LogP contribution in [0, 0.1) is 0 Å². The van der Waals surface area contributed by atoms with Gasteiger partial charge in [0.15, 0.2) is 0 Å². The molecule has 0 bridgehead atoms. The normalized spacial score (nSPS) is 11.3. The Labute approximate surface area is 246 Å². The zero-order valence-electron chi connectivity index (χ0n) is 23.2. The first-order valence-electron chi connectivity index (χ1n) is 14.5. The van der Waals surface area contributed by atoms with E-state index in [1.807, 2.05) is 0 Å². The molecule has 0 heterocycles.